The van der Waals surface area contributed by atoms with Crippen LogP contribution < -0.4 is 4.80 Å². The van der Waals surface area contributed by atoms with Gasteiger partial charge in [-0.3, -0.25) is 4.79 Å². The van der Waals surface area contributed by atoms with Crippen molar-refractivity contribution in [2.45, 2.75) is 6.54 Å². The van der Waals surface area contributed by atoms with Crippen LogP contribution in [-0.2, 0) is 6.54 Å². The van der Waals surface area contributed by atoms with Gasteiger partial charge in [0.15, 0.2) is 4.80 Å². The first-order valence-electron chi connectivity index (χ1n) is 6.04. The highest BCUT2D eigenvalue weighted by Gasteiger charge is 2.12. The number of para-hydroxylation sites is 1. The maximum Gasteiger partial charge on any atom is 0.289 e. The zero-order valence-electron chi connectivity index (χ0n) is 10.7. The Morgan fingerprint density at radius 1 is 1.38 bits per heavy atom. The van der Waals surface area contributed by atoms with Crippen molar-refractivity contribution in [3.8, 4) is 12.3 Å². The fourth-order valence-corrected chi connectivity index (χ4v) is 3.60. The first-order chi connectivity index (χ1) is 10.2. The second-order valence-electron chi connectivity index (χ2n) is 4.16. The molecule has 21 heavy (non-hydrogen) atoms. The van der Waals surface area contributed by atoms with Gasteiger partial charge in [-0.2, -0.15) is 4.99 Å². The van der Waals surface area contributed by atoms with Gasteiger partial charge in [0.05, 0.1) is 21.6 Å². The number of aromatic nitrogens is 1. The molecule has 0 saturated carbocycles. The Balaban J connectivity index is 2.23. The molecule has 0 radical (unpaired) electrons. The Kier molecular flexibility index (Phi) is 3.69. The first kappa shape index (κ1) is 13.7. The number of fused-ring (bicyclic) bond motifs is 1. The third-order valence-corrected chi connectivity index (χ3v) is 4.73. The number of hydrogen-bond donors (Lipinski definition) is 0. The van der Waals surface area contributed by atoms with Gasteiger partial charge in [-0.05, 0) is 23.6 Å². The Bertz CT molecular complexity index is 913. The first-order valence-corrected chi connectivity index (χ1v) is 7.74. The third-order valence-electron chi connectivity index (χ3n) is 2.83. The predicted molar refractivity (Wildman–Crippen MR) is 82.8 cm³/mol. The molecule has 104 valence electrons. The maximum absolute atomic E-state index is 14.0. The summed E-state index contributed by atoms with van der Waals surface area (Å²) in [6.45, 7) is 0.164. The zero-order valence-corrected chi connectivity index (χ0v) is 12.4. The second kappa shape index (κ2) is 5.64. The summed E-state index contributed by atoms with van der Waals surface area (Å²) < 4.78 is 16.3. The normalized spacial score (nSPS) is 11.7. The SMILES string of the molecule is C#CCn1c(=NC(=O)c2cccs2)sc2cccc(F)c21. The van der Waals surface area contributed by atoms with Gasteiger partial charge in [0.2, 0.25) is 0 Å². The number of amides is 1. The number of rotatable bonds is 2. The standard InChI is InChI=1S/C15H9FN2OS2/c1-2-8-18-13-10(16)5-3-6-11(13)21-15(18)17-14(19)12-7-4-9-20-12/h1,3-7,9H,8H2. The van der Waals surface area contributed by atoms with Crippen LogP contribution in [0.5, 0.6) is 0 Å². The minimum atomic E-state index is -0.371. The van der Waals surface area contributed by atoms with Gasteiger partial charge < -0.3 is 4.57 Å². The van der Waals surface area contributed by atoms with Crippen LogP contribution >= 0.6 is 22.7 Å². The fraction of sp³-hybridized carbons (Fsp3) is 0.0667. The van der Waals surface area contributed by atoms with E-state index in [0.29, 0.717) is 19.9 Å². The molecule has 0 aliphatic rings. The molecule has 0 unspecified atom stereocenters. The number of halogens is 1. The topological polar surface area (TPSA) is 34.4 Å². The summed E-state index contributed by atoms with van der Waals surface area (Å²) >= 11 is 2.57. The van der Waals surface area contributed by atoms with Gasteiger partial charge in [-0.15, -0.1) is 17.8 Å². The molecule has 0 N–H and O–H groups in total. The zero-order chi connectivity index (χ0) is 14.8. The molecule has 2 heterocycles. The van der Waals surface area contributed by atoms with Gasteiger partial charge in [0.25, 0.3) is 5.91 Å². The summed E-state index contributed by atoms with van der Waals surface area (Å²) in [7, 11) is 0. The fourth-order valence-electron chi connectivity index (χ4n) is 1.95. The van der Waals surface area contributed by atoms with Crippen molar-refractivity contribution >= 4 is 38.8 Å². The van der Waals surface area contributed by atoms with Crippen LogP contribution in [0.15, 0.2) is 40.7 Å². The molecular weight excluding hydrogens is 307 g/mol. The Labute approximate surface area is 128 Å². The molecule has 3 nitrogen and oxygen atoms in total. The summed E-state index contributed by atoms with van der Waals surface area (Å²) in [5.74, 6) is 1.76. The van der Waals surface area contributed by atoms with Crippen molar-refractivity contribution in [1.82, 2.24) is 4.57 Å². The maximum atomic E-state index is 14.0. The van der Waals surface area contributed by atoms with E-state index in [9.17, 15) is 9.18 Å². The molecule has 1 amide bonds. The minimum absolute atomic E-state index is 0.164. The van der Waals surface area contributed by atoms with Crippen molar-refractivity contribution < 1.29 is 9.18 Å². The average Bonchev–Trinajstić information content (AvgIpc) is 3.09. The van der Waals surface area contributed by atoms with Crippen LogP contribution in [0.3, 0.4) is 0 Å². The van der Waals surface area contributed by atoms with E-state index in [1.54, 1.807) is 28.8 Å². The highest BCUT2D eigenvalue weighted by Crippen LogP contribution is 2.20. The molecule has 0 fully saturated rings. The molecule has 0 aliphatic heterocycles. The highest BCUT2D eigenvalue weighted by molar-refractivity contribution is 7.16. The highest BCUT2D eigenvalue weighted by atomic mass is 32.1. The second-order valence-corrected chi connectivity index (χ2v) is 6.11. The van der Waals surface area contributed by atoms with Crippen molar-refractivity contribution in [2.24, 2.45) is 4.99 Å². The number of thiophene rings is 1. The molecule has 0 saturated heterocycles. The molecule has 0 spiro atoms. The van der Waals surface area contributed by atoms with Gasteiger partial charge in [0, 0.05) is 0 Å². The molecule has 3 rings (SSSR count). The van der Waals surface area contributed by atoms with Gasteiger partial charge in [-0.1, -0.05) is 29.4 Å². The van der Waals surface area contributed by atoms with Gasteiger partial charge in [-0.25, -0.2) is 4.39 Å². The molecule has 2 aromatic heterocycles. The van der Waals surface area contributed by atoms with Crippen LogP contribution in [0.25, 0.3) is 10.2 Å². The Morgan fingerprint density at radius 3 is 2.95 bits per heavy atom. The number of nitrogens with zero attached hydrogens (tertiary/aromatic N) is 2. The van der Waals surface area contributed by atoms with E-state index < -0.39 is 0 Å². The number of carbonyl (C=O) groups excluding carboxylic acids is 1. The summed E-state index contributed by atoms with van der Waals surface area (Å²) in [5, 5.41) is 1.81. The third kappa shape index (κ3) is 2.53. The molecule has 0 atom stereocenters. The van der Waals surface area contributed by atoms with Crippen molar-refractivity contribution in [1.29, 1.82) is 0 Å². The van der Waals surface area contributed by atoms with E-state index in [0.717, 1.165) is 0 Å². The summed E-state index contributed by atoms with van der Waals surface area (Å²) in [5.41, 5.74) is 0.387. The lowest BCUT2D eigenvalue weighted by Crippen LogP contribution is -2.16. The van der Waals surface area contributed by atoms with Crippen molar-refractivity contribution in [2.75, 3.05) is 0 Å². The Hall–Kier alpha value is -2.23. The number of terminal acetylenes is 1. The lowest BCUT2D eigenvalue weighted by Gasteiger charge is -2.00. The number of thiazole rings is 1. The van der Waals surface area contributed by atoms with E-state index in [1.807, 2.05) is 5.38 Å². The molecule has 1 aromatic carbocycles. The summed E-state index contributed by atoms with van der Waals surface area (Å²) in [4.78, 5) is 17.1. The van der Waals surface area contributed by atoms with Crippen LogP contribution in [0.1, 0.15) is 9.67 Å². The van der Waals surface area contributed by atoms with E-state index in [1.165, 1.54) is 28.7 Å². The molecular formula is C15H9FN2OS2. The number of benzene rings is 1. The van der Waals surface area contributed by atoms with E-state index in [4.69, 9.17) is 6.42 Å². The molecule has 0 aliphatic carbocycles. The molecule has 6 heteroatoms. The predicted octanol–water partition coefficient (Wildman–Crippen LogP) is 3.28. The van der Waals surface area contributed by atoms with Crippen LogP contribution in [0.2, 0.25) is 0 Å². The summed E-state index contributed by atoms with van der Waals surface area (Å²) in [6.07, 6.45) is 5.34. The van der Waals surface area contributed by atoms with Gasteiger partial charge in [0.1, 0.15) is 5.82 Å². The smallest absolute Gasteiger partial charge is 0.289 e. The largest absolute Gasteiger partial charge is 0.302 e. The lowest BCUT2D eigenvalue weighted by molar-refractivity contribution is 0.100. The van der Waals surface area contributed by atoms with Crippen molar-refractivity contribution in [3.63, 3.8) is 0 Å². The quantitative estimate of drug-likeness (QED) is 0.668. The van der Waals surface area contributed by atoms with Crippen LogP contribution in [0.4, 0.5) is 4.39 Å². The lowest BCUT2D eigenvalue weighted by atomic mass is 10.3. The van der Waals surface area contributed by atoms with Gasteiger partial charge >= 0.3 is 0 Å². The van der Waals surface area contributed by atoms with Crippen molar-refractivity contribution in [3.05, 3.63) is 51.2 Å². The van der Waals surface area contributed by atoms with Crippen LogP contribution in [0, 0.1) is 18.2 Å². The molecule has 3 aromatic rings. The summed E-state index contributed by atoms with van der Waals surface area (Å²) in [6, 6.07) is 8.26. The Morgan fingerprint density at radius 2 is 2.24 bits per heavy atom. The monoisotopic (exact) mass is 316 g/mol. The van der Waals surface area contributed by atoms with E-state index in [2.05, 4.69) is 10.9 Å². The van der Waals surface area contributed by atoms with Crippen LogP contribution in [-0.4, -0.2) is 10.5 Å². The number of hydrogen-bond acceptors (Lipinski definition) is 3. The number of carbonyl (C=O) groups is 1. The molecule has 0 bridgehead atoms. The van der Waals surface area contributed by atoms with E-state index in [-0.39, 0.29) is 18.3 Å². The minimum Gasteiger partial charge on any atom is -0.302 e. The average molecular weight is 316 g/mol. The van der Waals surface area contributed by atoms with E-state index >= 15 is 0 Å².